The smallest absolute Gasteiger partial charge is 0.352 e. The molecule has 32 heavy (non-hydrogen) atoms. The lowest BCUT2D eigenvalue weighted by atomic mass is 9.97. The Morgan fingerprint density at radius 1 is 1.12 bits per heavy atom. The van der Waals surface area contributed by atoms with Crippen LogP contribution in [-0.2, 0) is 33.3 Å². The minimum atomic E-state index is -4.47. The molecule has 3 rings (SSSR count). The Balaban J connectivity index is 1.54. The third-order valence-corrected chi connectivity index (χ3v) is 7.49. The number of hydrogen-bond donors (Lipinski definition) is 1. The Labute approximate surface area is 188 Å². The summed E-state index contributed by atoms with van der Waals surface area (Å²) in [6, 6.07) is 8.62. The lowest BCUT2D eigenvalue weighted by Gasteiger charge is -2.30. The number of benzene rings is 2. The molecule has 0 spiro atoms. The van der Waals surface area contributed by atoms with Gasteiger partial charge in [0, 0.05) is 36.1 Å². The molecule has 1 amide bonds. The molecule has 0 unspecified atom stereocenters. The van der Waals surface area contributed by atoms with E-state index in [1.54, 1.807) is 0 Å². The lowest BCUT2D eigenvalue weighted by molar-refractivity contribution is -0.137. The van der Waals surface area contributed by atoms with E-state index in [0.29, 0.717) is 5.56 Å². The van der Waals surface area contributed by atoms with Gasteiger partial charge in [0.05, 0.1) is 11.3 Å². The zero-order valence-electron chi connectivity index (χ0n) is 16.8. The summed E-state index contributed by atoms with van der Waals surface area (Å²) in [6.07, 6.45) is -3.97. The van der Waals surface area contributed by atoms with Crippen LogP contribution in [0, 0.1) is 11.7 Å². The number of hydrogen-bond acceptors (Lipinski definition) is 3. The lowest BCUT2D eigenvalue weighted by Crippen LogP contribution is -2.43. The molecule has 0 saturated carbocycles. The van der Waals surface area contributed by atoms with E-state index in [1.165, 1.54) is 28.6 Å². The van der Waals surface area contributed by atoms with Crippen molar-refractivity contribution in [1.29, 1.82) is 0 Å². The average molecular weight is 493 g/mol. The topological polar surface area (TPSA) is 66.5 Å². The molecule has 2 aromatic carbocycles. The molecule has 0 aliphatic carbocycles. The highest BCUT2D eigenvalue weighted by molar-refractivity contribution is 7.88. The van der Waals surface area contributed by atoms with Crippen LogP contribution < -0.4 is 5.32 Å². The number of sulfonamides is 1. The van der Waals surface area contributed by atoms with E-state index in [1.807, 2.05) is 0 Å². The van der Waals surface area contributed by atoms with Gasteiger partial charge >= 0.3 is 6.18 Å². The minimum absolute atomic E-state index is 0.0254. The van der Waals surface area contributed by atoms with Gasteiger partial charge in [-0.15, -0.1) is 0 Å². The molecule has 1 fully saturated rings. The largest absolute Gasteiger partial charge is 0.416 e. The van der Waals surface area contributed by atoms with Crippen molar-refractivity contribution in [2.75, 3.05) is 13.1 Å². The zero-order chi connectivity index (χ0) is 23.5. The van der Waals surface area contributed by atoms with E-state index in [9.17, 15) is 30.8 Å². The van der Waals surface area contributed by atoms with Gasteiger partial charge in [-0.25, -0.2) is 17.1 Å². The van der Waals surface area contributed by atoms with Crippen molar-refractivity contribution in [2.24, 2.45) is 5.92 Å². The van der Waals surface area contributed by atoms with Gasteiger partial charge in [-0.1, -0.05) is 29.8 Å². The Bertz CT molecular complexity index is 1060. The Hall–Kier alpha value is -2.17. The monoisotopic (exact) mass is 492 g/mol. The van der Waals surface area contributed by atoms with Crippen LogP contribution in [0.3, 0.4) is 0 Å². The molecule has 1 aliphatic heterocycles. The first-order valence-corrected chi connectivity index (χ1v) is 11.8. The molecule has 1 aliphatic rings. The van der Waals surface area contributed by atoms with Crippen LogP contribution in [-0.4, -0.2) is 31.7 Å². The number of alkyl halides is 3. The number of halogens is 5. The standard InChI is InChI=1S/C21H21ClF4N2O3S/c22-18-5-2-6-19(23)17(18)13-32(30,31)28-9-7-15(8-10-28)20(29)27-12-14-3-1-4-16(11-14)21(24,25)26/h1-6,11,15H,7-10,12-13H2,(H,27,29). The molecule has 5 nitrogen and oxygen atoms in total. The quantitative estimate of drug-likeness (QED) is 0.609. The fourth-order valence-electron chi connectivity index (χ4n) is 3.53. The maximum atomic E-state index is 13.9. The molecule has 11 heteroatoms. The van der Waals surface area contributed by atoms with Crippen LogP contribution in [0.1, 0.15) is 29.5 Å². The Morgan fingerprint density at radius 2 is 1.78 bits per heavy atom. The van der Waals surface area contributed by atoms with E-state index >= 15 is 0 Å². The fraction of sp³-hybridized carbons (Fsp3) is 0.381. The van der Waals surface area contributed by atoms with Crippen molar-refractivity contribution in [2.45, 2.75) is 31.3 Å². The Kier molecular flexibility index (Phi) is 7.46. The summed E-state index contributed by atoms with van der Waals surface area (Å²) in [5.41, 5.74) is -0.581. The highest BCUT2D eigenvalue weighted by Gasteiger charge is 2.33. The van der Waals surface area contributed by atoms with Gasteiger partial charge < -0.3 is 5.32 Å². The van der Waals surface area contributed by atoms with E-state index in [-0.39, 0.29) is 49.0 Å². The molecule has 1 N–H and O–H groups in total. The molecule has 0 radical (unpaired) electrons. The van der Waals surface area contributed by atoms with Crippen LogP contribution in [0.2, 0.25) is 5.02 Å². The number of carbonyl (C=O) groups is 1. The van der Waals surface area contributed by atoms with E-state index in [4.69, 9.17) is 11.6 Å². The van der Waals surface area contributed by atoms with Gasteiger partial charge in [0.15, 0.2) is 0 Å². The second kappa shape index (κ2) is 9.76. The number of amides is 1. The molecule has 1 heterocycles. The predicted molar refractivity (Wildman–Crippen MR) is 112 cm³/mol. The summed E-state index contributed by atoms with van der Waals surface area (Å²) in [6.45, 7) is 0.0964. The third kappa shape index (κ3) is 5.99. The Morgan fingerprint density at radius 3 is 2.41 bits per heavy atom. The molecule has 0 atom stereocenters. The van der Waals surface area contributed by atoms with Crippen LogP contribution in [0.4, 0.5) is 17.6 Å². The maximum absolute atomic E-state index is 13.9. The van der Waals surface area contributed by atoms with Crippen molar-refractivity contribution in [3.8, 4) is 0 Å². The summed E-state index contributed by atoms with van der Waals surface area (Å²) in [4.78, 5) is 12.4. The summed E-state index contributed by atoms with van der Waals surface area (Å²) >= 11 is 5.92. The number of piperidine rings is 1. The maximum Gasteiger partial charge on any atom is 0.416 e. The summed E-state index contributed by atoms with van der Waals surface area (Å²) < 4.78 is 78.9. The highest BCUT2D eigenvalue weighted by Crippen LogP contribution is 2.30. The van der Waals surface area contributed by atoms with Gasteiger partial charge in [0.1, 0.15) is 5.82 Å². The van der Waals surface area contributed by atoms with Gasteiger partial charge in [0.2, 0.25) is 15.9 Å². The van der Waals surface area contributed by atoms with Gasteiger partial charge in [0.25, 0.3) is 0 Å². The molecule has 0 aromatic heterocycles. The van der Waals surface area contributed by atoms with Crippen LogP contribution in [0.5, 0.6) is 0 Å². The molecule has 2 aromatic rings. The van der Waals surface area contributed by atoms with Crippen molar-refractivity contribution in [3.63, 3.8) is 0 Å². The first-order valence-electron chi connectivity index (χ1n) is 9.82. The number of nitrogens with zero attached hydrogens (tertiary/aromatic N) is 1. The zero-order valence-corrected chi connectivity index (χ0v) is 18.4. The summed E-state index contributed by atoms with van der Waals surface area (Å²) in [5.74, 6) is -2.10. The predicted octanol–water partition coefficient (Wildman–Crippen LogP) is 4.36. The second-order valence-electron chi connectivity index (χ2n) is 7.55. The molecular weight excluding hydrogens is 472 g/mol. The second-order valence-corrected chi connectivity index (χ2v) is 9.92. The normalized spacial score (nSPS) is 16.2. The first-order chi connectivity index (χ1) is 15.0. The molecular formula is C21H21ClF4N2O3S. The molecule has 1 saturated heterocycles. The fourth-order valence-corrected chi connectivity index (χ4v) is 5.45. The van der Waals surface area contributed by atoms with Gasteiger partial charge in [-0.05, 0) is 42.7 Å². The van der Waals surface area contributed by atoms with Crippen LogP contribution >= 0.6 is 11.6 Å². The van der Waals surface area contributed by atoms with Crippen molar-refractivity contribution >= 4 is 27.5 Å². The number of nitrogens with one attached hydrogen (secondary N) is 1. The van der Waals surface area contributed by atoms with Crippen molar-refractivity contribution in [1.82, 2.24) is 9.62 Å². The summed E-state index contributed by atoms with van der Waals surface area (Å²) in [7, 11) is -3.83. The average Bonchev–Trinajstić information content (AvgIpc) is 2.74. The third-order valence-electron chi connectivity index (χ3n) is 5.33. The minimum Gasteiger partial charge on any atom is -0.352 e. The van der Waals surface area contributed by atoms with E-state index in [0.717, 1.165) is 18.2 Å². The molecule has 0 bridgehead atoms. The van der Waals surface area contributed by atoms with Crippen molar-refractivity contribution in [3.05, 3.63) is 70.0 Å². The number of rotatable bonds is 6. The highest BCUT2D eigenvalue weighted by atomic mass is 35.5. The first kappa shape index (κ1) is 24.5. The van der Waals surface area contributed by atoms with Crippen molar-refractivity contribution < 1.29 is 30.8 Å². The summed E-state index contributed by atoms with van der Waals surface area (Å²) in [5, 5.41) is 2.64. The van der Waals surface area contributed by atoms with Crippen LogP contribution in [0.15, 0.2) is 42.5 Å². The van der Waals surface area contributed by atoms with Gasteiger partial charge in [-0.3, -0.25) is 4.79 Å². The SMILES string of the molecule is O=C(NCc1cccc(C(F)(F)F)c1)C1CCN(S(=O)(=O)Cc2c(F)cccc2Cl)CC1. The van der Waals surface area contributed by atoms with Gasteiger partial charge in [-0.2, -0.15) is 13.2 Å². The number of carbonyl (C=O) groups excluding carboxylic acids is 1. The van der Waals surface area contributed by atoms with E-state index in [2.05, 4.69) is 5.32 Å². The van der Waals surface area contributed by atoms with Crippen LogP contribution in [0.25, 0.3) is 0 Å². The molecule has 174 valence electrons. The van der Waals surface area contributed by atoms with E-state index < -0.39 is 39.3 Å².